The molecule has 0 aliphatic heterocycles. The van der Waals surface area contributed by atoms with Crippen LogP contribution in [0.25, 0.3) is 21.8 Å². The molecule has 0 fully saturated rings. The summed E-state index contributed by atoms with van der Waals surface area (Å²) in [6, 6.07) is 16.5. The highest BCUT2D eigenvalue weighted by atomic mass is 35.5. The number of benzene rings is 2. The number of halogens is 2. The zero-order valence-corrected chi connectivity index (χ0v) is 36.3. The van der Waals surface area contributed by atoms with Crippen molar-refractivity contribution in [2.24, 2.45) is 0 Å². The molecule has 2 atom stereocenters. The first-order valence-electron chi connectivity index (χ1n) is 19.5. The van der Waals surface area contributed by atoms with Crippen molar-refractivity contribution < 1.29 is 9.53 Å². The number of hydrogen-bond acceptors (Lipinski definition) is 8. The molecule has 3 N–H and O–H groups in total. The lowest BCUT2D eigenvalue weighted by Crippen LogP contribution is -2.43. The van der Waals surface area contributed by atoms with E-state index in [1.165, 1.54) is 0 Å². The molecule has 0 aliphatic carbocycles. The first-order chi connectivity index (χ1) is 25.2. The molecule has 4 aromatic rings. The van der Waals surface area contributed by atoms with E-state index in [2.05, 4.69) is 92.0 Å². The first-order valence-corrected chi connectivity index (χ1v) is 23.1. The summed E-state index contributed by atoms with van der Waals surface area (Å²) in [5.74, 6) is 0. The van der Waals surface area contributed by atoms with Crippen molar-refractivity contribution >= 4 is 64.7 Å². The Morgan fingerprint density at radius 3 is 1.60 bits per heavy atom. The molecule has 0 saturated heterocycles. The summed E-state index contributed by atoms with van der Waals surface area (Å²) in [6.45, 7) is 27.4. The third-order valence-corrected chi connectivity index (χ3v) is 15.4. The van der Waals surface area contributed by atoms with Gasteiger partial charge in [-0.15, -0.1) is 0 Å². The van der Waals surface area contributed by atoms with Crippen molar-refractivity contribution in [3.8, 4) is 0 Å². The fraction of sp³-hybridized carbons (Fsp3) is 0.571. The fourth-order valence-corrected chi connectivity index (χ4v) is 7.42. The molecule has 2 aromatic carbocycles. The van der Waals surface area contributed by atoms with E-state index in [0.717, 1.165) is 110 Å². The number of anilines is 2. The SMILES string of the molecule is CCN(CCCC(C)Nc1ccnc2cc(Cl)ccc12)CCO[Si](C)(C)C(C)(C)C.CCN(CCO)CCCC(C)Nc1ccnc2cc(Cl)ccc12. The number of likely N-dealkylation sites (N-methyl/N-ethyl adjacent to an activating group) is 2. The molecule has 2 aromatic heterocycles. The zero-order valence-electron chi connectivity index (χ0n) is 33.8. The molecule has 4 rings (SSSR count). The number of aliphatic hydroxyl groups excluding tert-OH is 1. The van der Waals surface area contributed by atoms with Crippen LogP contribution in [0.1, 0.15) is 74.1 Å². The van der Waals surface area contributed by atoms with Crippen molar-refractivity contribution in [3.05, 3.63) is 71.0 Å². The number of nitrogens with one attached hydrogen (secondary N) is 2. The highest BCUT2D eigenvalue weighted by Gasteiger charge is 2.37. The normalized spacial score (nSPS) is 13.3. The van der Waals surface area contributed by atoms with Crippen LogP contribution >= 0.6 is 23.2 Å². The molecular formula is C42H66Cl2N6O2Si. The monoisotopic (exact) mass is 784 g/mol. The van der Waals surface area contributed by atoms with Gasteiger partial charge in [0.2, 0.25) is 0 Å². The molecule has 0 spiro atoms. The van der Waals surface area contributed by atoms with Gasteiger partial charge in [-0.05, 0) is 132 Å². The number of aromatic nitrogens is 2. The minimum absolute atomic E-state index is 0.229. The van der Waals surface area contributed by atoms with Gasteiger partial charge in [0.15, 0.2) is 8.32 Å². The molecule has 0 bridgehead atoms. The van der Waals surface area contributed by atoms with Crippen LogP contribution in [0.5, 0.6) is 0 Å². The third kappa shape index (κ3) is 14.9. The summed E-state index contributed by atoms with van der Waals surface area (Å²) in [7, 11) is -1.65. The zero-order chi connectivity index (χ0) is 39.0. The Morgan fingerprint density at radius 1 is 0.736 bits per heavy atom. The second-order valence-corrected chi connectivity index (χ2v) is 21.3. The highest BCUT2D eigenvalue weighted by Crippen LogP contribution is 2.36. The molecule has 8 nitrogen and oxygen atoms in total. The smallest absolute Gasteiger partial charge is 0.192 e. The standard InChI is InChI=1S/C24H40ClN3OSi.C18H26ClN3O/c1-8-28(16-17-29-30(6,7)24(3,4)5)15-9-10-19(2)27-22-13-14-26-23-18-20(25)11-12-21(22)23;1-3-22(11-12-23)10-4-5-14(2)21-17-8-9-20-18-13-15(19)6-7-16(17)18/h11-14,18-19H,8-10,15-17H2,1-7H3,(H,26,27);6-9,13-14,23H,3-5,10-12H2,1-2H3,(H,20,21). The minimum Gasteiger partial charge on any atom is -0.416 e. The van der Waals surface area contributed by atoms with E-state index >= 15 is 0 Å². The van der Waals surface area contributed by atoms with Crippen LogP contribution in [0.3, 0.4) is 0 Å². The maximum atomic E-state index is 9.02. The van der Waals surface area contributed by atoms with E-state index < -0.39 is 8.32 Å². The first kappa shape index (κ1) is 44.9. The van der Waals surface area contributed by atoms with Crippen LogP contribution in [0.4, 0.5) is 11.4 Å². The topological polar surface area (TPSA) is 85.8 Å². The fourth-order valence-electron chi connectivity index (χ4n) is 6.06. The maximum Gasteiger partial charge on any atom is 0.192 e. The van der Waals surface area contributed by atoms with Gasteiger partial charge in [-0.25, -0.2) is 0 Å². The van der Waals surface area contributed by atoms with Crippen LogP contribution in [0.15, 0.2) is 60.9 Å². The Kier molecular flexibility index (Phi) is 18.8. The summed E-state index contributed by atoms with van der Waals surface area (Å²) >= 11 is 12.1. The molecule has 294 valence electrons. The minimum atomic E-state index is -1.65. The Labute approximate surface area is 331 Å². The molecule has 0 saturated carbocycles. The molecule has 2 unspecified atom stereocenters. The van der Waals surface area contributed by atoms with Crippen molar-refractivity contribution in [2.75, 3.05) is 63.1 Å². The summed E-state index contributed by atoms with van der Waals surface area (Å²) in [5, 5.41) is 20.2. The molecule has 53 heavy (non-hydrogen) atoms. The predicted molar refractivity (Wildman–Crippen MR) is 233 cm³/mol. The summed E-state index contributed by atoms with van der Waals surface area (Å²) in [5.41, 5.74) is 4.06. The third-order valence-electron chi connectivity index (χ3n) is 10.4. The predicted octanol–water partition coefficient (Wildman–Crippen LogP) is 10.6. The van der Waals surface area contributed by atoms with E-state index in [0.29, 0.717) is 17.1 Å². The van der Waals surface area contributed by atoms with Crippen LogP contribution in [0.2, 0.25) is 28.2 Å². The second-order valence-electron chi connectivity index (χ2n) is 15.6. The number of pyridine rings is 2. The average molecular weight is 786 g/mol. The van der Waals surface area contributed by atoms with E-state index in [9.17, 15) is 0 Å². The lowest BCUT2D eigenvalue weighted by molar-refractivity contribution is 0.199. The van der Waals surface area contributed by atoms with Crippen molar-refractivity contribution in [3.63, 3.8) is 0 Å². The lowest BCUT2D eigenvalue weighted by atomic mass is 10.1. The van der Waals surface area contributed by atoms with Crippen LogP contribution in [-0.4, -0.2) is 97.8 Å². The Morgan fingerprint density at radius 2 is 1.19 bits per heavy atom. The summed E-state index contributed by atoms with van der Waals surface area (Å²) < 4.78 is 6.35. The van der Waals surface area contributed by atoms with E-state index in [-0.39, 0.29) is 11.6 Å². The van der Waals surface area contributed by atoms with Crippen LogP contribution in [-0.2, 0) is 4.43 Å². The highest BCUT2D eigenvalue weighted by molar-refractivity contribution is 6.74. The van der Waals surface area contributed by atoms with Gasteiger partial charge in [-0.2, -0.15) is 0 Å². The second kappa shape index (κ2) is 22.1. The van der Waals surface area contributed by atoms with Gasteiger partial charge in [-0.3, -0.25) is 9.97 Å². The van der Waals surface area contributed by atoms with Gasteiger partial charge < -0.3 is 30.0 Å². The molecular weight excluding hydrogens is 719 g/mol. The van der Waals surface area contributed by atoms with Gasteiger partial charge in [-0.1, -0.05) is 57.8 Å². The molecule has 2 heterocycles. The molecule has 0 radical (unpaired) electrons. The average Bonchev–Trinajstić information content (AvgIpc) is 3.10. The number of aliphatic hydroxyl groups is 1. The molecule has 11 heteroatoms. The van der Waals surface area contributed by atoms with Gasteiger partial charge in [0.25, 0.3) is 0 Å². The van der Waals surface area contributed by atoms with Crippen LogP contribution in [0, 0.1) is 0 Å². The van der Waals surface area contributed by atoms with Crippen molar-refractivity contribution in [1.82, 2.24) is 19.8 Å². The van der Waals surface area contributed by atoms with Crippen LogP contribution < -0.4 is 10.6 Å². The molecule has 0 aliphatic rings. The largest absolute Gasteiger partial charge is 0.416 e. The quantitative estimate of drug-likeness (QED) is 0.0764. The molecule has 0 amide bonds. The number of fused-ring (bicyclic) bond motifs is 2. The maximum absolute atomic E-state index is 9.02. The van der Waals surface area contributed by atoms with Gasteiger partial charge in [0.05, 0.1) is 17.6 Å². The number of nitrogens with zero attached hydrogens (tertiary/aromatic N) is 4. The van der Waals surface area contributed by atoms with Crippen molar-refractivity contribution in [1.29, 1.82) is 0 Å². The Balaban J connectivity index is 0.000000295. The number of hydrogen-bond donors (Lipinski definition) is 3. The van der Waals surface area contributed by atoms with Gasteiger partial charge in [0, 0.05) is 76.4 Å². The Hall–Kier alpha value is -2.50. The van der Waals surface area contributed by atoms with Gasteiger partial charge in [0.1, 0.15) is 0 Å². The van der Waals surface area contributed by atoms with Crippen molar-refractivity contribution in [2.45, 2.75) is 104 Å². The summed E-state index contributed by atoms with van der Waals surface area (Å²) in [6.07, 6.45) is 8.13. The summed E-state index contributed by atoms with van der Waals surface area (Å²) in [4.78, 5) is 13.6. The lowest BCUT2D eigenvalue weighted by Gasteiger charge is -2.36. The Bertz CT molecular complexity index is 1670. The number of rotatable bonds is 20. The van der Waals surface area contributed by atoms with E-state index in [1.54, 1.807) is 0 Å². The van der Waals surface area contributed by atoms with Gasteiger partial charge >= 0.3 is 0 Å². The van der Waals surface area contributed by atoms with E-state index in [1.807, 2.05) is 60.9 Å². The van der Waals surface area contributed by atoms with E-state index in [4.69, 9.17) is 32.7 Å².